The molecule has 2 aromatic rings. The maximum absolute atomic E-state index is 12.5. The van der Waals surface area contributed by atoms with Crippen molar-refractivity contribution in [1.82, 2.24) is 20.1 Å². The Labute approximate surface area is 160 Å². The smallest absolute Gasteiger partial charge is 0.317 e. The van der Waals surface area contributed by atoms with Crippen molar-refractivity contribution in [1.29, 1.82) is 0 Å². The first kappa shape index (κ1) is 18.3. The van der Waals surface area contributed by atoms with E-state index in [1.54, 1.807) is 0 Å². The van der Waals surface area contributed by atoms with Crippen LogP contribution in [0.25, 0.3) is 10.9 Å². The molecule has 6 nitrogen and oxygen atoms in total. The third-order valence-corrected chi connectivity index (χ3v) is 6.47. The summed E-state index contributed by atoms with van der Waals surface area (Å²) in [7, 11) is 2.16. The molecule has 2 aliphatic rings. The highest BCUT2D eigenvalue weighted by Crippen LogP contribution is 2.44. The summed E-state index contributed by atoms with van der Waals surface area (Å²) in [5, 5.41) is 14.3. The monoisotopic (exact) mass is 370 g/mol. The summed E-state index contributed by atoms with van der Waals surface area (Å²) in [5.41, 5.74) is 4.67. The van der Waals surface area contributed by atoms with Gasteiger partial charge in [0.15, 0.2) is 0 Å². The molecule has 0 spiro atoms. The molecular formula is C21H30N4O2. The van der Waals surface area contributed by atoms with E-state index in [2.05, 4.69) is 40.4 Å². The zero-order valence-electron chi connectivity index (χ0n) is 16.5. The van der Waals surface area contributed by atoms with E-state index in [4.69, 9.17) is 0 Å². The molecule has 3 N–H and O–H groups in total. The molecule has 2 amide bonds. The van der Waals surface area contributed by atoms with Gasteiger partial charge in [-0.3, -0.25) is 0 Å². The Balaban J connectivity index is 1.64. The Bertz CT molecular complexity index is 842. The first-order valence-electron chi connectivity index (χ1n) is 10.1. The van der Waals surface area contributed by atoms with Gasteiger partial charge in [-0.2, -0.15) is 0 Å². The highest BCUT2D eigenvalue weighted by atomic mass is 16.3. The molecule has 146 valence electrons. The number of urea groups is 1. The molecule has 1 aromatic heterocycles. The summed E-state index contributed by atoms with van der Waals surface area (Å²) >= 11 is 0. The number of carbonyl (C=O) groups excluding carboxylic acids is 1. The van der Waals surface area contributed by atoms with Crippen LogP contribution < -0.4 is 5.32 Å². The lowest BCUT2D eigenvalue weighted by molar-refractivity contribution is 0.123. The number of nitrogens with one attached hydrogen (secondary N) is 2. The van der Waals surface area contributed by atoms with E-state index in [-0.39, 0.29) is 18.7 Å². The number of H-pyrrole nitrogens is 1. The van der Waals surface area contributed by atoms with Crippen LogP contribution in [0.4, 0.5) is 4.79 Å². The van der Waals surface area contributed by atoms with Crippen molar-refractivity contribution in [3.8, 4) is 0 Å². The number of hydrogen-bond acceptors (Lipinski definition) is 3. The van der Waals surface area contributed by atoms with Crippen LogP contribution in [0, 0.1) is 0 Å². The van der Waals surface area contributed by atoms with Gasteiger partial charge in [0, 0.05) is 54.2 Å². The third kappa shape index (κ3) is 3.01. The topological polar surface area (TPSA) is 71.6 Å². The molecule has 0 bridgehead atoms. The number of aromatic nitrogens is 1. The SMILES string of the molecule is CCN(CC)C(=O)N[C@H]1CC2c3cccc4[nH]c(CO)c(c34)C[C@H]2N(C)C1. The number of piperidine rings is 1. The van der Waals surface area contributed by atoms with Crippen molar-refractivity contribution in [3.05, 3.63) is 35.0 Å². The normalized spacial score (nSPS) is 24.7. The zero-order chi connectivity index (χ0) is 19.1. The van der Waals surface area contributed by atoms with Gasteiger partial charge < -0.3 is 25.2 Å². The minimum atomic E-state index is 0.0377. The molecule has 1 unspecified atom stereocenters. The number of likely N-dealkylation sites (tertiary alicyclic amines) is 1. The van der Waals surface area contributed by atoms with Crippen LogP contribution in [-0.4, -0.2) is 64.7 Å². The number of aromatic amines is 1. The molecule has 1 aromatic carbocycles. The predicted octanol–water partition coefficient (Wildman–Crippen LogP) is 2.42. The highest BCUT2D eigenvalue weighted by Gasteiger charge is 2.40. The number of rotatable bonds is 4. The van der Waals surface area contributed by atoms with Crippen molar-refractivity contribution in [2.75, 3.05) is 26.7 Å². The van der Waals surface area contributed by atoms with E-state index < -0.39 is 0 Å². The fourth-order valence-corrected chi connectivity index (χ4v) is 5.12. The second-order valence-electron chi connectivity index (χ2n) is 7.88. The Morgan fingerprint density at radius 3 is 2.85 bits per heavy atom. The van der Waals surface area contributed by atoms with Crippen molar-refractivity contribution in [3.63, 3.8) is 0 Å². The third-order valence-electron chi connectivity index (χ3n) is 6.47. The van der Waals surface area contributed by atoms with Gasteiger partial charge in [-0.1, -0.05) is 12.1 Å². The van der Waals surface area contributed by atoms with Gasteiger partial charge in [-0.25, -0.2) is 4.79 Å². The first-order valence-corrected chi connectivity index (χ1v) is 10.1. The molecular weight excluding hydrogens is 340 g/mol. The Hall–Kier alpha value is -2.05. The number of benzene rings is 1. The van der Waals surface area contributed by atoms with E-state index in [9.17, 15) is 9.90 Å². The number of amides is 2. The van der Waals surface area contributed by atoms with Crippen molar-refractivity contribution < 1.29 is 9.90 Å². The molecule has 27 heavy (non-hydrogen) atoms. The summed E-state index contributed by atoms with van der Waals surface area (Å²) in [6.45, 7) is 6.39. The summed E-state index contributed by atoms with van der Waals surface area (Å²) in [6, 6.07) is 7.01. The second kappa shape index (κ2) is 7.17. The summed E-state index contributed by atoms with van der Waals surface area (Å²) in [4.78, 5) is 20.2. The van der Waals surface area contributed by atoms with Gasteiger partial charge in [-0.15, -0.1) is 0 Å². The molecule has 1 saturated heterocycles. The Morgan fingerprint density at radius 2 is 2.15 bits per heavy atom. The molecule has 3 atom stereocenters. The quantitative estimate of drug-likeness (QED) is 0.774. The summed E-state index contributed by atoms with van der Waals surface area (Å²) in [6.07, 6.45) is 1.91. The van der Waals surface area contributed by atoms with Crippen molar-refractivity contribution >= 4 is 16.9 Å². The molecule has 6 heteroatoms. The van der Waals surface area contributed by atoms with E-state index in [1.165, 1.54) is 16.5 Å². The van der Waals surface area contributed by atoms with Crippen LogP contribution in [0.15, 0.2) is 18.2 Å². The number of aliphatic hydroxyl groups is 1. The average molecular weight is 370 g/mol. The van der Waals surface area contributed by atoms with Gasteiger partial charge >= 0.3 is 6.03 Å². The lowest BCUT2D eigenvalue weighted by atomic mass is 9.73. The van der Waals surface area contributed by atoms with Gasteiger partial charge in [-0.05, 0) is 50.9 Å². The van der Waals surface area contributed by atoms with Crippen LogP contribution >= 0.6 is 0 Å². The molecule has 1 aliphatic carbocycles. The number of aliphatic hydroxyl groups excluding tert-OH is 1. The molecule has 0 radical (unpaired) electrons. The van der Waals surface area contributed by atoms with E-state index >= 15 is 0 Å². The minimum absolute atomic E-state index is 0.0377. The molecule has 2 heterocycles. The van der Waals surface area contributed by atoms with Crippen LogP contribution in [0.3, 0.4) is 0 Å². The maximum atomic E-state index is 12.5. The van der Waals surface area contributed by atoms with Gasteiger partial charge in [0.1, 0.15) is 0 Å². The minimum Gasteiger partial charge on any atom is -0.390 e. The van der Waals surface area contributed by atoms with Crippen molar-refractivity contribution in [2.45, 2.75) is 51.3 Å². The predicted molar refractivity (Wildman–Crippen MR) is 107 cm³/mol. The lowest BCUT2D eigenvalue weighted by Crippen LogP contribution is -2.56. The summed E-state index contributed by atoms with van der Waals surface area (Å²) < 4.78 is 0. The standard InChI is InChI=1S/C21H30N4O2/c1-4-25(5-2)21(27)22-13-9-15-14-7-6-8-17-20(14)16(18(12-26)23-17)10-19(15)24(3)11-13/h6-8,13,15,19,23,26H,4-5,9-12H2,1-3H3,(H,22,27)/t13-,15?,19+/m0/s1. The van der Waals surface area contributed by atoms with E-state index in [0.29, 0.717) is 12.0 Å². The zero-order valence-corrected chi connectivity index (χ0v) is 16.5. The molecule has 1 aliphatic heterocycles. The fraction of sp³-hybridized carbons (Fsp3) is 0.571. The maximum Gasteiger partial charge on any atom is 0.317 e. The van der Waals surface area contributed by atoms with Crippen LogP contribution in [0.5, 0.6) is 0 Å². The highest BCUT2D eigenvalue weighted by molar-refractivity contribution is 5.89. The Kier molecular flexibility index (Phi) is 4.86. The van der Waals surface area contributed by atoms with Crippen LogP contribution in [0.1, 0.15) is 43.0 Å². The van der Waals surface area contributed by atoms with E-state index in [1.807, 2.05) is 18.7 Å². The summed E-state index contributed by atoms with van der Waals surface area (Å²) in [5.74, 6) is 0.393. The van der Waals surface area contributed by atoms with E-state index in [0.717, 1.165) is 43.7 Å². The molecule has 4 rings (SSSR count). The lowest BCUT2D eigenvalue weighted by Gasteiger charge is -2.46. The number of likely N-dealkylation sites (N-methyl/N-ethyl adjacent to an activating group) is 1. The fourth-order valence-electron chi connectivity index (χ4n) is 5.12. The Morgan fingerprint density at radius 1 is 1.37 bits per heavy atom. The first-order chi connectivity index (χ1) is 13.1. The van der Waals surface area contributed by atoms with Crippen molar-refractivity contribution in [2.24, 2.45) is 0 Å². The molecule has 0 saturated carbocycles. The second-order valence-corrected chi connectivity index (χ2v) is 7.88. The van der Waals surface area contributed by atoms with Gasteiger partial charge in [0.05, 0.1) is 6.61 Å². The number of fused-ring (bicyclic) bond motifs is 2. The number of carbonyl (C=O) groups is 1. The van der Waals surface area contributed by atoms with Gasteiger partial charge in [0.2, 0.25) is 0 Å². The number of hydrogen-bond donors (Lipinski definition) is 3. The van der Waals surface area contributed by atoms with Crippen LogP contribution in [0.2, 0.25) is 0 Å². The largest absolute Gasteiger partial charge is 0.390 e. The molecule has 1 fully saturated rings. The average Bonchev–Trinajstić information content (AvgIpc) is 3.03. The van der Waals surface area contributed by atoms with Crippen LogP contribution in [-0.2, 0) is 13.0 Å². The van der Waals surface area contributed by atoms with Gasteiger partial charge in [0.25, 0.3) is 0 Å². The number of nitrogens with zero attached hydrogens (tertiary/aromatic N) is 2.